The number of benzene rings is 1. The van der Waals surface area contributed by atoms with E-state index in [1.165, 1.54) is 12.1 Å². The van der Waals surface area contributed by atoms with Crippen LogP contribution in [-0.2, 0) is 24.3 Å². The number of ether oxygens (including phenoxy) is 2. The van der Waals surface area contributed by atoms with Gasteiger partial charge >= 0.3 is 11.9 Å². The van der Waals surface area contributed by atoms with Crippen molar-refractivity contribution in [2.45, 2.75) is 51.0 Å². The first kappa shape index (κ1) is 22.6. The van der Waals surface area contributed by atoms with Gasteiger partial charge in [0, 0.05) is 0 Å². The quantitative estimate of drug-likeness (QED) is 0.692. The lowest BCUT2D eigenvalue weighted by molar-refractivity contribution is -0.159. The van der Waals surface area contributed by atoms with Crippen LogP contribution < -0.4 is 5.14 Å². The van der Waals surface area contributed by atoms with Crippen LogP contribution in [0.15, 0.2) is 23.1 Å². The molecule has 28 heavy (non-hydrogen) atoms. The van der Waals surface area contributed by atoms with Gasteiger partial charge in [0.25, 0.3) is 0 Å². The van der Waals surface area contributed by atoms with Gasteiger partial charge in [-0.3, -0.25) is 0 Å². The van der Waals surface area contributed by atoms with E-state index in [1.54, 1.807) is 0 Å². The topological polar surface area (TPSA) is 113 Å². The molecule has 1 aliphatic rings. The summed E-state index contributed by atoms with van der Waals surface area (Å²) in [7, 11) is -4.09. The molecule has 9 heteroatoms. The maximum absolute atomic E-state index is 12.2. The molecule has 0 aliphatic heterocycles. The molecule has 0 aromatic heterocycles. The fraction of sp³-hybridized carbons (Fsp3) is 0.579. The first-order valence-electron chi connectivity index (χ1n) is 9.18. The highest BCUT2D eigenvalue weighted by Crippen LogP contribution is 2.35. The predicted molar refractivity (Wildman–Crippen MR) is 104 cm³/mol. The number of hydrogen-bond donors (Lipinski definition) is 1. The fourth-order valence-electron chi connectivity index (χ4n) is 3.51. The first-order valence-corrected chi connectivity index (χ1v) is 11.1. The Hall–Kier alpha value is -1.64. The van der Waals surface area contributed by atoms with Crippen molar-refractivity contribution in [3.63, 3.8) is 0 Å². The molecule has 0 saturated heterocycles. The predicted octanol–water partition coefficient (Wildman–Crippen LogP) is 3.15. The molecule has 2 rings (SSSR count). The Balaban J connectivity index is 1.98. The zero-order valence-electron chi connectivity index (χ0n) is 16.2. The monoisotopic (exact) mass is 431 g/mol. The Morgan fingerprint density at radius 2 is 1.96 bits per heavy atom. The molecule has 3 atom stereocenters. The second kappa shape index (κ2) is 9.24. The fourth-order valence-corrected chi connectivity index (χ4v) is 4.58. The Morgan fingerprint density at radius 3 is 2.57 bits per heavy atom. The standard InChI is InChI=1S/C19H26ClNO6S/c1-11(2)14-6-4-12(3)8-16(14)27-18(22)10-26-19(23)13-5-7-15(20)17(9-13)28(21,24)25/h5,7,9,11-12,14,16H,4,6,8,10H2,1-3H3,(H2,21,24,25). The zero-order valence-corrected chi connectivity index (χ0v) is 17.8. The van der Waals surface area contributed by atoms with Crippen molar-refractivity contribution < 1.29 is 27.5 Å². The molecule has 0 heterocycles. The van der Waals surface area contributed by atoms with Gasteiger partial charge in [0.2, 0.25) is 10.0 Å². The second-order valence-corrected chi connectivity index (χ2v) is 9.56. The normalized spacial score (nSPS) is 22.7. The molecule has 0 bridgehead atoms. The van der Waals surface area contributed by atoms with E-state index in [1.807, 2.05) is 0 Å². The van der Waals surface area contributed by atoms with E-state index >= 15 is 0 Å². The average Bonchev–Trinajstić information content (AvgIpc) is 2.58. The number of carbonyl (C=O) groups is 2. The maximum atomic E-state index is 12.2. The zero-order chi connectivity index (χ0) is 21.1. The third-order valence-corrected chi connectivity index (χ3v) is 6.43. The smallest absolute Gasteiger partial charge is 0.344 e. The summed E-state index contributed by atoms with van der Waals surface area (Å²) in [6, 6.07) is 3.54. The summed E-state index contributed by atoms with van der Waals surface area (Å²) in [6.45, 7) is 5.78. The third kappa shape index (κ3) is 5.93. The molecule has 1 saturated carbocycles. The van der Waals surface area contributed by atoms with E-state index in [2.05, 4.69) is 20.8 Å². The van der Waals surface area contributed by atoms with Crippen LogP contribution in [0.2, 0.25) is 5.02 Å². The highest BCUT2D eigenvalue weighted by atomic mass is 35.5. The number of sulfonamides is 1. The van der Waals surface area contributed by atoms with Crippen molar-refractivity contribution in [3.8, 4) is 0 Å². The Morgan fingerprint density at radius 1 is 1.29 bits per heavy atom. The van der Waals surface area contributed by atoms with Crippen LogP contribution in [0.25, 0.3) is 0 Å². The average molecular weight is 432 g/mol. The lowest BCUT2D eigenvalue weighted by atomic mass is 9.75. The largest absolute Gasteiger partial charge is 0.460 e. The molecule has 7 nitrogen and oxygen atoms in total. The summed E-state index contributed by atoms with van der Waals surface area (Å²) in [5, 5.41) is 4.96. The van der Waals surface area contributed by atoms with E-state index in [0.29, 0.717) is 11.8 Å². The number of primary sulfonamides is 1. The molecule has 156 valence electrons. The second-order valence-electron chi connectivity index (χ2n) is 7.62. The van der Waals surface area contributed by atoms with Crippen LogP contribution in [0.5, 0.6) is 0 Å². The van der Waals surface area contributed by atoms with Crippen LogP contribution >= 0.6 is 11.6 Å². The molecule has 1 aromatic rings. The molecule has 1 aliphatic carbocycles. The number of hydrogen-bond acceptors (Lipinski definition) is 6. The SMILES string of the molecule is CC1CCC(C(C)C)C(OC(=O)COC(=O)c2ccc(Cl)c(S(N)(=O)=O)c2)C1. The summed E-state index contributed by atoms with van der Waals surface area (Å²) in [6.07, 6.45) is 2.70. The van der Waals surface area contributed by atoms with Gasteiger partial charge in [0.1, 0.15) is 11.0 Å². The Kier molecular flexibility index (Phi) is 7.47. The van der Waals surface area contributed by atoms with Gasteiger partial charge in [0.15, 0.2) is 6.61 Å². The molecule has 0 amide bonds. The number of carbonyl (C=O) groups excluding carboxylic acids is 2. The van der Waals surface area contributed by atoms with Crippen LogP contribution in [0, 0.1) is 17.8 Å². The maximum Gasteiger partial charge on any atom is 0.344 e. The van der Waals surface area contributed by atoms with E-state index in [-0.39, 0.29) is 27.5 Å². The van der Waals surface area contributed by atoms with Gasteiger partial charge in [-0.25, -0.2) is 23.1 Å². The van der Waals surface area contributed by atoms with Gasteiger partial charge in [0.05, 0.1) is 10.6 Å². The lowest BCUT2D eigenvalue weighted by Gasteiger charge is -2.36. The molecule has 2 N–H and O–H groups in total. The molecular weight excluding hydrogens is 406 g/mol. The summed E-state index contributed by atoms with van der Waals surface area (Å²) in [5.41, 5.74) is -0.0763. The minimum atomic E-state index is -4.09. The summed E-state index contributed by atoms with van der Waals surface area (Å²) in [5.74, 6) is -0.348. The van der Waals surface area contributed by atoms with Gasteiger partial charge < -0.3 is 9.47 Å². The van der Waals surface area contributed by atoms with Crippen molar-refractivity contribution in [1.82, 2.24) is 0 Å². The molecule has 0 radical (unpaired) electrons. The van der Waals surface area contributed by atoms with Crippen molar-refractivity contribution in [2.75, 3.05) is 6.61 Å². The Labute approximate surface area is 170 Å². The van der Waals surface area contributed by atoms with Crippen LogP contribution in [-0.4, -0.2) is 33.1 Å². The number of nitrogens with two attached hydrogens (primary N) is 1. The van der Waals surface area contributed by atoms with Crippen molar-refractivity contribution >= 4 is 33.6 Å². The minimum Gasteiger partial charge on any atom is -0.460 e. The minimum absolute atomic E-state index is 0.0763. The summed E-state index contributed by atoms with van der Waals surface area (Å²) in [4.78, 5) is 23.9. The lowest BCUT2D eigenvalue weighted by Crippen LogP contribution is -2.36. The van der Waals surface area contributed by atoms with E-state index in [9.17, 15) is 18.0 Å². The third-order valence-electron chi connectivity index (χ3n) is 5.04. The summed E-state index contributed by atoms with van der Waals surface area (Å²) < 4.78 is 33.5. The van der Waals surface area contributed by atoms with Gasteiger partial charge in [-0.15, -0.1) is 0 Å². The highest BCUT2D eigenvalue weighted by Gasteiger charge is 2.33. The van der Waals surface area contributed by atoms with Crippen molar-refractivity contribution in [1.29, 1.82) is 0 Å². The van der Waals surface area contributed by atoms with Crippen LogP contribution in [0.1, 0.15) is 50.4 Å². The first-order chi connectivity index (χ1) is 13.0. The number of rotatable bonds is 6. The van der Waals surface area contributed by atoms with Gasteiger partial charge in [-0.1, -0.05) is 38.8 Å². The van der Waals surface area contributed by atoms with Crippen LogP contribution in [0.4, 0.5) is 0 Å². The molecular formula is C19H26ClNO6S. The van der Waals surface area contributed by atoms with Gasteiger partial charge in [-0.2, -0.15) is 0 Å². The highest BCUT2D eigenvalue weighted by molar-refractivity contribution is 7.89. The molecule has 3 unspecified atom stereocenters. The number of esters is 2. The van der Waals surface area contributed by atoms with E-state index in [4.69, 9.17) is 26.2 Å². The van der Waals surface area contributed by atoms with Gasteiger partial charge in [-0.05, 0) is 48.8 Å². The Bertz CT molecular complexity index is 839. The summed E-state index contributed by atoms with van der Waals surface area (Å²) >= 11 is 5.79. The van der Waals surface area contributed by atoms with E-state index in [0.717, 1.165) is 25.3 Å². The number of halogens is 1. The molecule has 1 fully saturated rings. The van der Waals surface area contributed by atoms with E-state index < -0.39 is 28.6 Å². The molecule has 1 aromatic carbocycles. The van der Waals surface area contributed by atoms with Crippen molar-refractivity contribution in [3.05, 3.63) is 28.8 Å². The molecule has 0 spiro atoms. The van der Waals surface area contributed by atoms with Crippen molar-refractivity contribution in [2.24, 2.45) is 22.9 Å². The van der Waals surface area contributed by atoms with Crippen LogP contribution in [0.3, 0.4) is 0 Å².